The molecule has 3 rings (SSSR count). The molecule has 1 saturated carbocycles. The zero-order valence-corrected chi connectivity index (χ0v) is 13.5. The Kier molecular flexibility index (Phi) is 5.69. The van der Waals surface area contributed by atoms with Crippen molar-refractivity contribution >= 4 is 12.4 Å². The number of hydrogen-bond acceptors (Lipinski definition) is 3. The van der Waals surface area contributed by atoms with Crippen LogP contribution in [0.3, 0.4) is 0 Å². The summed E-state index contributed by atoms with van der Waals surface area (Å²) in [4.78, 5) is 0. The van der Waals surface area contributed by atoms with Gasteiger partial charge in [-0.15, -0.1) is 12.4 Å². The van der Waals surface area contributed by atoms with E-state index in [9.17, 15) is 0 Å². The SMILES string of the molecule is COc1ccc([C@@H](N)C2CC2)cc1OCc1ccccc1.Cl. The summed E-state index contributed by atoms with van der Waals surface area (Å²) in [5.41, 5.74) is 8.53. The lowest BCUT2D eigenvalue weighted by molar-refractivity contribution is 0.284. The summed E-state index contributed by atoms with van der Waals surface area (Å²) in [6.07, 6.45) is 2.46. The Balaban J connectivity index is 0.00000176. The number of rotatable bonds is 6. The predicted octanol–water partition coefficient (Wildman–Crippen LogP) is 4.11. The van der Waals surface area contributed by atoms with Crippen LogP contribution in [0.2, 0.25) is 0 Å². The molecule has 3 nitrogen and oxygen atoms in total. The fourth-order valence-electron chi connectivity index (χ4n) is 2.48. The van der Waals surface area contributed by atoms with E-state index >= 15 is 0 Å². The van der Waals surface area contributed by atoms with Crippen LogP contribution in [-0.2, 0) is 6.61 Å². The lowest BCUT2D eigenvalue weighted by atomic mass is 10.0. The Morgan fingerprint density at radius 2 is 1.82 bits per heavy atom. The quantitative estimate of drug-likeness (QED) is 0.871. The van der Waals surface area contributed by atoms with Crippen LogP contribution in [-0.4, -0.2) is 7.11 Å². The second kappa shape index (κ2) is 7.52. The molecule has 118 valence electrons. The third kappa shape index (κ3) is 3.93. The first-order chi connectivity index (χ1) is 10.3. The van der Waals surface area contributed by atoms with Gasteiger partial charge < -0.3 is 15.2 Å². The van der Waals surface area contributed by atoms with E-state index in [0.717, 1.165) is 22.6 Å². The molecule has 1 aliphatic carbocycles. The summed E-state index contributed by atoms with van der Waals surface area (Å²) in [6, 6.07) is 16.2. The van der Waals surface area contributed by atoms with Crippen molar-refractivity contribution in [2.24, 2.45) is 11.7 Å². The molecule has 0 amide bonds. The molecular formula is C18H22ClNO2. The van der Waals surface area contributed by atoms with E-state index < -0.39 is 0 Å². The number of halogens is 1. The third-order valence-corrected chi connectivity index (χ3v) is 3.94. The van der Waals surface area contributed by atoms with Crippen molar-refractivity contribution < 1.29 is 9.47 Å². The zero-order valence-electron chi connectivity index (χ0n) is 12.7. The molecule has 0 unspecified atom stereocenters. The van der Waals surface area contributed by atoms with E-state index in [-0.39, 0.29) is 18.4 Å². The van der Waals surface area contributed by atoms with Crippen LogP contribution in [0.15, 0.2) is 48.5 Å². The summed E-state index contributed by atoms with van der Waals surface area (Å²) >= 11 is 0. The Bertz CT molecular complexity index is 599. The Hall–Kier alpha value is -1.71. The van der Waals surface area contributed by atoms with Gasteiger partial charge in [-0.2, -0.15) is 0 Å². The molecule has 1 aliphatic rings. The van der Waals surface area contributed by atoms with Gasteiger partial charge in [-0.25, -0.2) is 0 Å². The highest BCUT2D eigenvalue weighted by molar-refractivity contribution is 5.85. The maximum atomic E-state index is 6.27. The minimum Gasteiger partial charge on any atom is -0.493 e. The molecule has 0 aromatic heterocycles. The minimum absolute atomic E-state index is 0. The molecule has 2 aromatic rings. The van der Waals surface area contributed by atoms with E-state index in [1.807, 2.05) is 48.5 Å². The molecule has 0 aliphatic heterocycles. The highest BCUT2D eigenvalue weighted by Crippen LogP contribution is 2.41. The highest BCUT2D eigenvalue weighted by atomic mass is 35.5. The lowest BCUT2D eigenvalue weighted by Gasteiger charge is -2.15. The fraction of sp³-hybridized carbons (Fsp3) is 0.333. The molecule has 1 atom stereocenters. The van der Waals surface area contributed by atoms with Crippen LogP contribution in [0.1, 0.15) is 30.0 Å². The van der Waals surface area contributed by atoms with E-state index in [0.29, 0.717) is 12.5 Å². The number of hydrogen-bond donors (Lipinski definition) is 1. The van der Waals surface area contributed by atoms with Gasteiger partial charge in [0.25, 0.3) is 0 Å². The van der Waals surface area contributed by atoms with Crippen LogP contribution < -0.4 is 15.2 Å². The summed E-state index contributed by atoms with van der Waals surface area (Å²) in [7, 11) is 1.66. The van der Waals surface area contributed by atoms with Gasteiger partial charge in [-0.1, -0.05) is 36.4 Å². The zero-order chi connectivity index (χ0) is 14.7. The Morgan fingerprint density at radius 1 is 1.09 bits per heavy atom. The molecule has 22 heavy (non-hydrogen) atoms. The third-order valence-electron chi connectivity index (χ3n) is 3.94. The first-order valence-electron chi connectivity index (χ1n) is 7.38. The summed E-state index contributed by atoms with van der Waals surface area (Å²) in [6.45, 7) is 0.527. The van der Waals surface area contributed by atoms with Crippen molar-refractivity contribution in [2.45, 2.75) is 25.5 Å². The summed E-state index contributed by atoms with van der Waals surface area (Å²) in [5, 5.41) is 0. The first kappa shape index (κ1) is 16.7. The molecule has 0 heterocycles. The standard InChI is InChI=1S/C18H21NO2.ClH/c1-20-16-10-9-15(18(19)14-7-8-14)11-17(16)21-12-13-5-3-2-4-6-13;/h2-6,9-11,14,18H,7-8,12,19H2,1H3;1H/t18-;/m0./s1. The van der Waals surface area contributed by atoms with Crippen LogP contribution >= 0.6 is 12.4 Å². The second-order valence-corrected chi connectivity index (χ2v) is 5.55. The Morgan fingerprint density at radius 3 is 2.45 bits per heavy atom. The molecule has 0 bridgehead atoms. The van der Waals surface area contributed by atoms with E-state index in [2.05, 4.69) is 0 Å². The van der Waals surface area contributed by atoms with Gasteiger partial charge in [0.15, 0.2) is 11.5 Å². The first-order valence-corrected chi connectivity index (χ1v) is 7.38. The molecule has 2 N–H and O–H groups in total. The lowest BCUT2D eigenvalue weighted by Crippen LogP contribution is -2.12. The van der Waals surface area contributed by atoms with E-state index in [1.54, 1.807) is 7.11 Å². The number of ether oxygens (including phenoxy) is 2. The van der Waals surface area contributed by atoms with Crippen molar-refractivity contribution in [1.82, 2.24) is 0 Å². The van der Waals surface area contributed by atoms with Crippen LogP contribution in [0.4, 0.5) is 0 Å². The van der Waals surface area contributed by atoms with Crippen LogP contribution in [0.25, 0.3) is 0 Å². The van der Waals surface area contributed by atoms with E-state index in [4.69, 9.17) is 15.2 Å². The average molecular weight is 320 g/mol. The second-order valence-electron chi connectivity index (χ2n) is 5.55. The fourth-order valence-corrected chi connectivity index (χ4v) is 2.48. The van der Waals surface area contributed by atoms with Crippen molar-refractivity contribution in [3.05, 3.63) is 59.7 Å². The molecular weight excluding hydrogens is 298 g/mol. The van der Waals surface area contributed by atoms with Gasteiger partial charge in [0, 0.05) is 6.04 Å². The number of methoxy groups -OCH3 is 1. The number of benzene rings is 2. The van der Waals surface area contributed by atoms with Crippen molar-refractivity contribution in [3.8, 4) is 11.5 Å². The predicted molar refractivity (Wildman–Crippen MR) is 90.7 cm³/mol. The average Bonchev–Trinajstić information content (AvgIpc) is 3.38. The van der Waals surface area contributed by atoms with Gasteiger partial charge in [0.05, 0.1) is 7.11 Å². The normalized spacial score (nSPS) is 14.8. The molecule has 0 spiro atoms. The van der Waals surface area contributed by atoms with Crippen molar-refractivity contribution in [2.75, 3.05) is 7.11 Å². The maximum absolute atomic E-state index is 6.27. The summed E-state index contributed by atoms with van der Waals surface area (Å²) < 4.78 is 11.3. The monoisotopic (exact) mass is 319 g/mol. The maximum Gasteiger partial charge on any atom is 0.161 e. The molecule has 2 aromatic carbocycles. The van der Waals surface area contributed by atoms with Crippen LogP contribution in [0, 0.1) is 5.92 Å². The smallest absolute Gasteiger partial charge is 0.161 e. The topological polar surface area (TPSA) is 44.5 Å². The van der Waals surface area contributed by atoms with Crippen molar-refractivity contribution in [1.29, 1.82) is 0 Å². The van der Waals surface area contributed by atoms with Crippen LogP contribution in [0.5, 0.6) is 11.5 Å². The molecule has 0 radical (unpaired) electrons. The van der Waals surface area contributed by atoms with E-state index in [1.165, 1.54) is 12.8 Å². The van der Waals surface area contributed by atoms with Gasteiger partial charge in [0.2, 0.25) is 0 Å². The minimum atomic E-state index is 0. The van der Waals surface area contributed by atoms with Crippen molar-refractivity contribution in [3.63, 3.8) is 0 Å². The summed E-state index contributed by atoms with van der Waals surface area (Å²) in [5.74, 6) is 2.13. The van der Waals surface area contributed by atoms with Gasteiger partial charge in [0.1, 0.15) is 6.61 Å². The Labute approximate surface area is 137 Å². The molecule has 1 fully saturated rings. The molecule has 0 saturated heterocycles. The van der Waals surface area contributed by atoms with Gasteiger partial charge in [-0.3, -0.25) is 0 Å². The highest BCUT2D eigenvalue weighted by Gasteiger charge is 2.29. The van der Waals surface area contributed by atoms with Gasteiger partial charge >= 0.3 is 0 Å². The largest absolute Gasteiger partial charge is 0.493 e. The molecule has 4 heteroatoms. The number of nitrogens with two attached hydrogens (primary N) is 1. The van der Waals surface area contributed by atoms with Gasteiger partial charge in [-0.05, 0) is 42.0 Å².